The van der Waals surface area contributed by atoms with Gasteiger partial charge in [-0.05, 0) is 44.5 Å². The molecular formula is C15H22N2O4. The summed E-state index contributed by atoms with van der Waals surface area (Å²) in [5.41, 5.74) is 4.77. The fraction of sp³-hybridized carbons (Fsp3) is 0.467. The van der Waals surface area contributed by atoms with Crippen LogP contribution in [-0.4, -0.2) is 30.6 Å². The largest absolute Gasteiger partial charge is 0.484 e. The van der Waals surface area contributed by atoms with Crippen molar-refractivity contribution in [2.75, 3.05) is 18.5 Å². The smallest absolute Gasteiger partial charge is 0.256 e. The molecule has 0 spiro atoms. The lowest BCUT2D eigenvalue weighted by molar-refractivity contribution is -0.139. The standard InChI is InChI=1S/C15H22N2O4/c1-4-15(3,21-5-2)14(19)17-11-6-8-12(9-7-11)20-10-13(16)18/h6-9H,4-5,10H2,1-3H3,(H2,16,18)(H,17,19)/t15-/m1/s1. The summed E-state index contributed by atoms with van der Waals surface area (Å²) >= 11 is 0. The van der Waals surface area contributed by atoms with Gasteiger partial charge in [-0.1, -0.05) is 6.92 Å². The second-order valence-electron chi connectivity index (χ2n) is 4.75. The van der Waals surface area contributed by atoms with Crippen molar-refractivity contribution in [3.05, 3.63) is 24.3 Å². The van der Waals surface area contributed by atoms with Crippen molar-refractivity contribution in [3.63, 3.8) is 0 Å². The monoisotopic (exact) mass is 294 g/mol. The number of benzene rings is 1. The zero-order chi connectivity index (χ0) is 15.9. The summed E-state index contributed by atoms with van der Waals surface area (Å²) in [5, 5.41) is 2.80. The Kier molecular flexibility index (Phi) is 6.17. The Morgan fingerprint density at radius 1 is 1.24 bits per heavy atom. The van der Waals surface area contributed by atoms with E-state index in [1.807, 2.05) is 13.8 Å². The molecule has 0 saturated carbocycles. The van der Waals surface area contributed by atoms with Crippen molar-refractivity contribution in [2.24, 2.45) is 5.73 Å². The Bertz CT molecular complexity index is 487. The van der Waals surface area contributed by atoms with Gasteiger partial charge in [0.15, 0.2) is 6.61 Å². The van der Waals surface area contributed by atoms with Crippen LogP contribution in [0.1, 0.15) is 27.2 Å². The summed E-state index contributed by atoms with van der Waals surface area (Å²) in [7, 11) is 0. The molecule has 2 amide bonds. The van der Waals surface area contributed by atoms with Gasteiger partial charge in [0.1, 0.15) is 11.4 Å². The first-order chi connectivity index (χ1) is 9.91. The van der Waals surface area contributed by atoms with Crippen LogP contribution in [0.3, 0.4) is 0 Å². The van der Waals surface area contributed by atoms with Gasteiger partial charge in [-0.2, -0.15) is 0 Å². The molecule has 21 heavy (non-hydrogen) atoms. The summed E-state index contributed by atoms with van der Waals surface area (Å²) in [6, 6.07) is 6.69. The average molecular weight is 294 g/mol. The SMILES string of the molecule is CCO[C@](C)(CC)C(=O)Nc1ccc(OCC(N)=O)cc1. The van der Waals surface area contributed by atoms with Gasteiger partial charge in [-0.15, -0.1) is 0 Å². The van der Waals surface area contributed by atoms with E-state index in [9.17, 15) is 9.59 Å². The van der Waals surface area contributed by atoms with Crippen LogP contribution in [0.4, 0.5) is 5.69 Å². The summed E-state index contributed by atoms with van der Waals surface area (Å²) in [5.74, 6) is -0.227. The fourth-order valence-electron chi connectivity index (χ4n) is 1.70. The number of hydrogen-bond acceptors (Lipinski definition) is 4. The van der Waals surface area contributed by atoms with Gasteiger partial charge in [0.05, 0.1) is 0 Å². The molecule has 1 aromatic carbocycles. The van der Waals surface area contributed by atoms with E-state index >= 15 is 0 Å². The predicted molar refractivity (Wildman–Crippen MR) is 80.1 cm³/mol. The van der Waals surface area contributed by atoms with Crippen LogP contribution in [0.5, 0.6) is 5.75 Å². The number of nitrogens with two attached hydrogens (primary N) is 1. The summed E-state index contributed by atoms with van der Waals surface area (Å²) in [6.07, 6.45) is 0.576. The summed E-state index contributed by atoms with van der Waals surface area (Å²) in [4.78, 5) is 22.8. The number of ether oxygens (including phenoxy) is 2. The topological polar surface area (TPSA) is 90.7 Å². The molecule has 3 N–H and O–H groups in total. The summed E-state index contributed by atoms with van der Waals surface area (Å²) in [6.45, 7) is 5.81. The van der Waals surface area contributed by atoms with Crippen molar-refractivity contribution < 1.29 is 19.1 Å². The van der Waals surface area contributed by atoms with E-state index in [0.717, 1.165) is 0 Å². The number of carbonyl (C=O) groups excluding carboxylic acids is 2. The van der Waals surface area contributed by atoms with Crippen LogP contribution < -0.4 is 15.8 Å². The molecule has 0 aliphatic rings. The van der Waals surface area contributed by atoms with Gasteiger partial charge >= 0.3 is 0 Å². The van der Waals surface area contributed by atoms with Gasteiger partial charge in [-0.25, -0.2) is 0 Å². The quantitative estimate of drug-likeness (QED) is 0.763. The molecule has 0 unspecified atom stereocenters. The first-order valence-corrected chi connectivity index (χ1v) is 6.88. The van der Waals surface area contributed by atoms with Crippen molar-refractivity contribution >= 4 is 17.5 Å². The molecule has 0 aliphatic heterocycles. The predicted octanol–water partition coefficient (Wildman–Crippen LogP) is 1.69. The van der Waals surface area contributed by atoms with Crippen LogP contribution in [0, 0.1) is 0 Å². The minimum Gasteiger partial charge on any atom is -0.484 e. The first kappa shape index (κ1) is 17.0. The fourth-order valence-corrected chi connectivity index (χ4v) is 1.70. The number of nitrogens with one attached hydrogen (secondary N) is 1. The maximum atomic E-state index is 12.2. The maximum Gasteiger partial charge on any atom is 0.256 e. The lowest BCUT2D eigenvalue weighted by atomic mass is 10.0. The second-order valence-corrected chi connectivity index (χ2v) is 4.75. The number of anilines is 1. The molecule has 1 rings (SSSR count). The summed E-state index contributed by atoms with van der Waals surface area (Å²) < 4.78 is 10.7. The number of primary amides is 1. The van der Waals surface area contributed by atoms with E-state index < -0.39 is 11.5 Å². The van der Waals surface area contributed by atoms with Crippen LogP contribution in [-0.2, 0) is 14.3 Å². The minimum atomic E-state index is -0.851. The molecule has 116 valence electrons. The molecule has 0 bridgehead atoms. The van der Waals surface area contributed by atoms with Crippen LogP contribution in [0.25, 0.3) is 0 Å². The molecule has 0 fully saturated rings. The van der Waals surface area contributed by atoms with Gasteiger partial charge in [-0.3, -0.25) is 9.59 Å². The van der Waals surface area contributed by atoms with Crippen molar-refractivity contribution in [3.8, 4) is 5.75 Å². The average Bonchev–Trinajstić information content (AvgIpc) is 2.46. The Hall–Kier alpha value is -2.08. The third-order valence-electron chi connectivity index (χ3n) is 3.11. The van der Waals surface area contributed by atoms with E-state index in [1.165, 1.54) is 0 Å². The molecule has 0 heterocycles. The third kappa shape index (κ3) is 5.07. The highest BCUT2D eigenvalue weighted by Gasteiger charge is 2.31. The Labute approximate surface area is 124 Å². The Balaban J connectivity index is 2.66. The van der Waals surface area contributed by atoms with E-state index in [0.29, 0.717) is 24.5 Å². The third-order valence-corrected chi connectivity index (χ3v) is 3.11. The van der Waals surface area contributed by atoms with Gasteiger partial charge in [0, 0.05) is 12.3 Å². The second kappa shape index (κ2) is 7.64. The van der Waals surface area contributed by atoms with Crippen molar-refractivity contribution in [1.82, 2.24) is 0 Å². The number of hydrogen-bond donors (Lipinski definition) is 2. The molecule has 6 heteroatoms. The molecule has 0 aliphatic carbocycles. The molecule has 1 atom stereocenters. The van der Waals surface area contributed by atoms with Crippen LogP contribution in [0.2, 0.25) is 0 Å². The van der Waals surface area contributed by atoms with Gasteiger partial charge < -0.3 is 20.5 Å². The normalized spacial score (nSPS) is 13.3. The highest BCUT2D eigenvalue weighted by atomic mass is 16.5. The zero-order valence-corrected chi connectivity index (χ0v) is 12.6. The van der Waals surface area contributed by atoms with Gasteiger partial charge in [0.2, 0.25) is 0 Å². The highest BCUT2D eigenvalue weighted by Crippen LogP contribution is 2.20. The molecule has 6 nitrogen and oxygen atoms in total. The highest BCUT2D eigenvalue weighted by molar-refractivity contribution is 5.97. The minimum absolute atomic E-state index is 0.177. The number of carbonyl (C=O) groups is 2. The number of rotatable bonds is 8. The van der Waals surface area contributed by atoms with Crippen molar-refractivity contribution in [1.29, 1.82) is 0 Å². The number of amides is 2. The molecule has 1 aromatic rings. The van der Waals surface area contributed by atoms with E-state index in [-0.39, 0.29) is 12.5 Å². The Morgan fingerprint density at radius 3 is 2.33 bits per heavy atom. The molecule has 0 radical (unpaired) electrons. The molecule has 0 saturated heterocycles. The van der Waals surface area contributed by atoms with Crippen LogP contribution in [0.15, 0.2) is 24.3 Å². The first-order valence-electron chi connectivity index (χ1n) is 6.88. The molecular weight excluding hydrogens is 272 g/mol. The Morgan fingerprint density at radius 2 is 1.86 bits per heavy atom. The lowest BCUT2D eigenvalue weighted by Gasteiger charge is -2.26. The van der Waals surface area contributed by atoms with Gasteiger partial charge in [0.25, 0.3) is 11.8 Å². The van der Waals surface area contributed by atoms with E-state index in [1.54, 1.807) is 31.2 Å². The van der Waals surface area contributed by atoms with Crippen molar-refractivity contribution in [2.45, 2.75) is 32.8 Å². The molecule has 0 aromatic heterocycles. The maximum absolute atomic E-state index is 12.2. The van der Waals surface area contributed by atoms with E-state index in [4.69, 9.17) is 15.2 Å². The van der Waals surface area contributed by atoms with Crippen LogP contribution >= 0.6 is 0 Å². The zero-order valence-electron chi connectivity index (χ0n) is 12.6. The van der Waals surface area contributed by atoms with E-state index in [2.05, 4.69) is 5.32 Å². The lowest BCUT2D eigenvalue weighted by Crippen LogP contribution is -2.42.